The number of nitrogens with zero attached hydrogens (tertiary/aromatic N) is 3. The number of aromatic nitrogens is 3. The highest BCUT2D eigenvalue weighted by Crippen LogP contribution is 2.33. The molecule has 0 spiro atoms. The minimum Gasteiger partial charge on any atom is -0.355 e. The molecule has 4 nitrogen and oxygen atoms in total. The van der Waals surface area contributed by atoms with Gasteiger partial charge in [0.2, 0.25) is 0 Å². The molecule has 0 unspecified atom stereocenters. The van der Waals surface area contributed by atoms with E-state index in [1.807, 2.05) is 23.0 Å². The van der Waals surface area contributed by atoms with E-state index < -0.39 is 0 Å². The minimum atomic E-state index is 0.790. The van der Waals surface area contributed by atoms with Gasteiger partial charge in [-0.1, -0.05) is 58.7 Å². The number of benzene rings is 3. The minimum absolute atomic E-state index is 0.790. The first-order chi connectivity index (χ1) is 13.7. The van der Waals surface area contributed by atoms with Crippen molar-refractivity contribution in [2.24, 2.45) is 0 Å². The normalized spacial score (nSPS) is 11.2. The van der Waals surface area contributed by atoms with E-state index in [9.17, 15) is 0 Å². The molecule has 3 aromatic carbocycles. The monoisotopic (exact) mass is 365 g/mol. The Bertz CT molecular complexity index is 1260. The van der Waals surface area contributed by atoms with E-state index in [2.05, 4.69) is 84.8 Å². The molecule has 0 fully saturated rings. The van der Waals surface area contributed by atoms with E-state index in [-0.39, 0.29) is 0 Å². The summed E-state index contributed by atoms with van der Waals surface area (Å²) in [6, 6.07) is 24.9. The lowest BCUT2D eigenvalue weighted by Gasteiger charge is -2.08. The maximum Gasteiger partial charge on any atom is 0.174 e. The Hall–Kier alpha value is -3.66. The van der Waals surface area contributed by atoms with Gasteiger partial charge in [-0.15, -0.1) is 0 Å². The molecule has 0 aliphatic carbocycles. The van der Waals surface area contributed by atoms with Crippen LogP contribution in [0.5, 0.6) is 0 Å². The molecule has 0 aliphatic rings. The van der Waals surface area contributed by atoms with Gasteiger partial charge in [-0.3, -0.25) is 0 Å². The molecule has 0 saturated heterocycles. The lowest BCUT2D eigenvalue weighted by Crippen LogP contribution is -1.98. The summed E-state index contributed by atoms with van der Waals surface area (Å²) >= 11 is 0. The predicted octanol–water partition coefficient (Wildman–Crippen LogP) is 5.96. The fourth-order valence-electron chi connectivity index (χ4n) is 3.43. The summed E-state index contributed by atoms with van der Waals surface area (Å²) in [5.41, 5.74) is 7.46. The van der Waals surface area contributed by atoms with Crippen molar-refractivity contribution in [3.8, 4) is 28.3 Å². The molecule has 0 saturated carbocycles. The molecule has 0 N–H and O–H groups in total. The summed E-state index contributed by atoms with van der Waals surface area (Å²) < 4.78 is 7.63. The third-order valence-corrected chi connectivity index (χ3v) is 5.01. The second-order valence-electron chi connectivity index (χ2n) is 7.07. The van der Waals surface area contributed by atoms with Crippen LogP contribution in [-0.4, -0.2) is 14.9 Å². The molecular weight excluding hydrogens is 346 g/mol. The van der Waals surface area contributed by atoms with E-state index in [1.54, 1.807) is 0 Å². The second kappa shape index (κ2) is 6.50. The molecule has 0 aliphatic heterocycles. The lowest BCUT2D eigenvalue weighted by molar-refractivity contribution is 0.441. The van der Waals surface area contributed by atoms with Gasteiger partial charge in [-0.25, -0.2) is 4.68 Å². The van der Waals surface area contributed by atoms with Crippen molar-refractivity contribution in [2.75, 3.05) is 0 Å². The topological polar surface area (TPSA) is 43.9 Å². The SMILES string of the molecule is Cc1ccc(-c2onc3ccc(-c4ccnn4-c4ccc(C)cc4)cc23)cc1. The van der Waals surface area contributed by atoms with Crippen LogP contribution in [0.3, 0.4) is 0 Å². The summed E-state index contributed by atoms with van der Waals surface area (Å²) in [5, 5.41) is 9.76. The number of hydrogen-bond donors (Lipinski definition) is 0. The van der Waals surface area contributed by atoms with Crippen molar-refractivity contribution in [3.05, 3.63) is 90.1 Å². The van der Waals surface area contributed by atoms with Crippen LogP contribution in [0, 0.1) is 13.8 Å². The Kier molecular flexibility index (Phi) is 3.83. The number of hydrogen-bond acceptors (Lipinski definition) is 3. The van der Waals surface area contributed by atoms with Crippen molar-refractivity contribution in [2.45, 2.75) is 13.8 Å². The average Bonchev–Trinajstić information content (AvgIpc) is 3.36. The smallest absolute Gasteiger partial charge is 0.174 e. The number of rotatable bonds is 3. The maximum absolute atomic E-state index is 5.67. The van der Waals surface area contributed by atoms with Crippen LogP contribution >= 0.6 is 0 Å². The Labute approximate surface area is 163 Å². The fraction of sp³-hybridized carbons (Fsp3) is 0.0833. The molecule has 5 aromatic rings. The Morgan fingerprint density at radius 1 is 0.750 bits per heavy atom. The van der Waals surface area contributed by atoms with Crippen molar-refractivity contribution < 1.29 is 4.52 Å². The third kappa shape index (κ3) is 2.79. The van der Waals surface area contributed by atoms with Crippen LogP contribution in [-0.2, 0) is 0 Å². The Morgan fingerprint density at radius 3 is 2.18 bits per heavy atom. The molecule has 0 atom stereocenters. The zero-order valence-corrected chi connectivity index (χ0v) is 15.8. The predicted molar refractivity (Wildman–Crippen MR) is 111 cm³/mol. The van der Waals surface area contributed by atoms with Gasteiger partial charge in [-0.05, 0) is 44.2 Å². The molecule has 5 rings (SSSR count). The zero-order valence-electron chi connectivity index (χ0n) is 15.8. The Balaban J connectivity index is 1.63. The molecule has 28 heavy (non-hydrogen) atoms. The second-order valence-corrected chi connectivity index (χ2v) is 7.07. The van der Waals surface area contributed by atoms with Crippen LogP contribution in [0.15, 0.2) is 83.5 Å². The summed E-state index contributed by atoms with van der Waals surface area (Å²) in [5.74, 6) is 0.790. The average molecular weight is 365 g/mol. The quantitative estimate of drug-likeness (QED) is 0.396. The molecule has 4 heteroatoms. The molecular formula is C24H19N3O. The fourth-order valence-corrected chi connectivity index (χ4v) is 3.43. The molecule has 2 aromatic heterocycles. The van der Waals surface area contributed by atoms with Gasteiger partial charge in [0.25, 0.3) is 0 Å². The summed E-state index contributed by atoms with van der Waals surface area (Å²) in [6.45, 7) is 4.16. The van der Waals surface area contributed by atoms with Crippen LogP contribution in [0.1, 0.15) is 11.1 Å². The molecule has 0 amide bonds. The van der Waals surface area contributed by atoms with E-state index in [0.717, 1.165) is 39.2 Å². The van der Waals surface area contributed by atoms with Crippen LogP contribution in [0.2, 0.25) is 0 Å². The van der Waals surface area contributed by atoms with Crippen molar-refractivity contribution in [3.63, 3.8) is 0 Å². The maximum atomic E-state index is 5.67. The van der Waals surface area contributed by atoms with Gasteiger partial charge in [0.05, 0.1) is 23.0 Å². The van der Waals surface area contributed by atoms with Gasteiger partial charge < -0.3 is 4.52 Å². The molecule has 0 bridgehead atoms. The summed E-state index contributed by atoms with van der Waals surface area (Å²) in [6.07, 6.45) is 1.83. The van der Waals surface area contributed by atoms with Crippen molar-refractivity contribution >= 4 is 10.9 Å². The first kappa shape index (κ1) is 16.5. The van der Waals surface area contributed by atoms with Crippen LogP contribution in [0.25, 0.3) is 39.2 Å². The molecule has 136 valence electrons. The van der Waals surface area contributed by atoms with Crippen LogP contribution < -0.4 is 0 Å². The highest BCUT2D eigenvalue weighted by Gasteiger charge is 2.14. The van der Waals surface area contributed by atoms with Gasteiger partial charge in [-0.2, -0.15) is 5.10 Å². The molecule has 2 heterocycles. The van der Waals surface area contributed by atoms with Gasteiger partial charge >= 0.3 is 0 Å². The highest BCUT2D eigenvalue weighted by molar-refractivity contribution is 5.94. The van der Waals surface area contributed by atoms with E-state index >= 15 is 0 Å². The summed E-state index contributed by atoms with van der Waals surface area (Å²) in [7, 11) is 0. The first-order valence-electron chi connectivity index (χ1n) is 9.27. The van der Waals surface area contributed by atoms with E-state index in [0.29, 0.717) is 0 Å². The van der Waals surface area contributed by atoms with E-state index in [4.69, 9.17) is 4.52 Å². The van der Waals surface area contributed by atoms with E-state index in [1.165, 1.54) is 11.1 Å². The summed E-state index contributed by atoms with van der Waals surface area (Å²) in [4.78, 5) is 0. The largest absolute Gasteiger partial charge is 0.355 e. The third-order valence-electron chi connectivity index (χ3n) is 5.01. The molecule has 0 radical (unpaired) electrons. The standard InChI is InChI=1S/C24H19N3O/c1-16-3-7-18(8-4-16)24-21-15-19(9-12-22(21)26-28-24)23-13-14-25-27(23)20-10-5-17(2)6-11-20/h3-15H,1-2H3. The van der Waals surface area contributed by atoms with Crippen molar-refractivity contribution in [1.29, 1.82) is 0 Å². The zero-order chi connectivity index (χ0) is 19.1. The van der Waals surface area contributed by atoms with Gasteiger partial charge in [0.1, 0.15) is 5.52 Å². The van der Waals surface area contributed by atoms with Gasteiger partial charge in [0.15, 0.2) is 5.76 Å². The number of fused-ring (bicyclic) bond motifs is 1. The van der Waals surface area contributed by atoms with Crippen LogP contribution in [0.4, 0.5) is 0 Å². The van der Waals surface area contributed by atoms with Crippen molar-refractivity contribution in [1.82, 2.24) is 14.9 Å². The number of aryl methyl sites for hydroxylation is 2. The Morgan fingerprint density at radius 2 is 1.43 bits per heavy atom. The highest BCUT2D eigenvalue weighted by atomic mass is 16.5. The van der Waals surface area contributed by atoms with Gasteiger partial charge in [0, 0.05) is 11.1 Å². The first-order valence-corrected chi connectivity index (χ1v) is 9.27. The lowest BCUT2D eigenvalue weighted by atomic mass is 10.0.